The molecule has 0 aliphatic carbocycles. The van der Waals surface area contributed by atoms with Crippen molar-refractivity contribution in [2.45, 2.75) is 19.3 Å². The lowest BCUT2D eigenvalue weighted by Crippen LogP contribution is -2.15. The van der Waals surface area contributed by atoms with Gasteiger partial charge < -0.3 is 0 Å². The molecule has 7 heteroatoms. The number of alkyl halides is 6. The van der Waals surface area contributed by atoms with E-state index in [0.717, 1.165) is 6.92 Å². The van der Waals surface area contributed by atoms with E-state index in [-0.39, 0.29) is 5.56 Å². The van der Waals surface area contributed by atoms with E-state index >= 15 is 0 Å². The van der Waals surface area contributed by atoms with Crippen molar-refractivity contribution in [2.24, 2.45) is 0 Å². The minimum absolute atomic E-state index is 0.260. The molecule has 0 unspecified atom stereocenters. The van der Waals surface area contributed by atoms with Crippen LogP contribution in [0.25, 0.3) is 0 Å². The minimum Gasteiger partial charge on any atom is -0.238 e. The zero-order valence-electron chi connectivity index (χ0n) is 7.29. The van der Waals surface area contributed by atoms with Gasteiger partial charge in [-0.15, -0.1) is 0 Å². The van der Waals surface area contributed by atoms with Crippen LogP contribution in [0.2, 0.25) is 0 Å². The molecule has 1 heterocycles. The Balaban J connectivity index is 3.30. The molecule has 83 valence electrons. The summed E-state index contributed by atoms with van der Waals surface area (Å²) in [5.41, 5.74) is -3.48. The van der Waals surface area contributed by atoms with E-state index in [1.54, 1.807) is 6.07 Å². The molecular formula is C8H4F6N. The van der Waals surface area contributed by atoms with Gasteiger partial charge in [0.25, 0.3) is 0 Å². The summed E-state index contributed by atoms with van der Waals surface area (Å²) in [4.78, 5) is 2.47. The van der Waals surface area contributed by atoms with Crippen molar-refractivity contribution >= 4 is 0 Å². The van der Waals surface area contributed by atoms with Gasteiger partial charge in [-0.05, 0) is 18.6 Å². The number of hydrogen-bond acceptors (Lipinski definition) is 1. The van der Waals surface area contributed by atoms with Crippen LogP contribution in [0, 0.1) is 13.0 Å². The van der Waals surface area contributed by atoms with Crippen molar-refractivity contribution in [2.75, 3.05) is 0 Å². The Kier molecular flexibility index (Phi) is 2.67. The topological polar surface area (TPSA) is 12.9 Å². The van der Waals surface area contributed by atoms with Gasteiger partial charge in [0.2, 0.25) is 0 Å². The minimum atomic E-state index is -4.92. The first-order valence-electron chi connectivity index (χ1n) is 3.66. The second-order valence-corrected chi connectivity index (χ2v) is 2.79. The summed E-state index contributed by atoms with van der Waals surface area (Å²) in [5.74, 6) is 0. The number of pyridine rings is 1. The lowest BCUT2D eigenvalue weighted by molar-refractivity contribution is -0.150. The quantitative estimate of drug-likeness (QED) is 0.621. The summed E-state index contributed by atoms with van der Waals surface area (Å²) in [6.07, 6.45) is -9.81. The van der Waals surface area contributed by atoms with Gasteiger partial charge in [0.1, 0.15) is 5.69 Å². The molecule has 1 rings (SSSR count). The van der Waals surface area contributed by atoms with Crippen LogP contribution < -0.4 is 0 Å². The van der Waals surface area contributed by atoms with Crippen LogP contribution in [0.1, 0.15) is 17.0 Å². The number of hydrogen-bond donors (Lipinski definition) is 0. The highest BCUT2D eigenvalue weighted by atomic mass is 19.4. The highest BCUT2D eigenvalue weighted by Crippen LogP contribution is 2.33. The first-order chi connectivity index (χ1) is 6.60. The third kappa shape index (κ3) is 2.84. The van der Waals surface area contributed by atoms with Gasteiger partial charge in [-0.2, -0.15) is 26.3 Å². The van der Waals surface area contributed by atoms with Crippen LogP contribution in [0.4, 0.5) is 26.3 Å². The van der Waals surface area contributed by atoms with Gasteiger partial charge in [-0.1, -0.05) is 0 Å². The van der Waals surface area contributed by atoms with Crippen LogP contribution >= 0.6 is 0 Å². The summed E-state index contributed by atoms with van der Waals surface area (Å²) in [5, 5.41) is 0. The zero-order chi connectivity index (χ0) is 11.9. The maximum atomic E-state index is 12.1. The molecule has 1 aromatic rings. The average molecular weight is 228 g/mol. The molecule has 0 amide bonds. The average Bonchev–Trinajstić information content (AvgIpc) is 1.99. The van der Waals surface area contributed by atoms with Gasteiger partial charge in [0.15, 0.2) is 5.69 Å². The fourth-order valence-corrected chi connectivity index (χ4v) is 0.888. The van der Waals surface area contributed by atoms with Crippen LogP contribution in [-0.4, -0.2) is 4.98 Å². The fourth-order valence-electron chi connectivity index (χ4n) is 0.888. The standard InChI is InChI=1S/C8H4F6N/c1-4-2-5(7(9,10)11)15-6(3-4)8(12,13)14/h2H,1H3. The SMILES string of the molecule is Cc1[c]c(C(F)(F)F)nc(C(F)(F)F)c1. The smallest absolute Gasteiger partial charge is 0.238 e. The predicted octanol–water partition coefficient (Wildman–Crippen LogP) is 3.23. The maximum Gasteiger partial charge on any atom is 0.433 e. The first-order valence-corrected chi connectivity index (χ1v) is 3.66. The molecule has 0 N–H and O–H groups in total. The van der Waals surface area contributed by atoms with E-state index < -0.39 is 23.7 Å². The van der Waals surface area contributed by atoms with Crippen molar-refractivity contribution < 1.29 is 26.3 Å². The molecule has 0 spiro atoms. The number of halogens is 6. The summed E-state index contributed by atoms with van der Waals surface area (Å²) in [7, 11) is 0. The van der Waals surface area contributed by atoms with E-state index in [2.05, 4.69) is 4.98 Å². The largest absolute Gasteiger partial charge is 0.433 e. The predicted molar refractivity (Wildman–Crippen MR) is 37.8 cm³/mol. The van der Waals surface area contributed by atoms with E-state index in [9.17, 15) is 26.3 Å². The van der Waals surface area contributed by atoms with Gasteiger partial charge in [0.05, 0.1) is 0 Å². The van der Waals surface area contributed by atoms with Crippen LogP contribution in [0.3, 0.4) is 0 Å². The van der Waals surface area contributed by atoms with Crippen LogP contribution in [0.15, 0.2) is 6.07 Å². The molecule has 0 aromatic carbocycles. The number of aromatic nitrogens is 1. The molecule has 0 saturated heterocycles. The van der Waals surface area contributed by atoms with Crippen molar-refractivity contribution in [3.8, 4) is 0 Å². The Morgan fingerprint density at radius 2 is 1.60 bits per heavy atom. The van der Waals surface area contributed by atoms with Crippen molar-refractivity contribution in [3.63, 3.8) is 0 Å². The number of rotatable bonds is 0. The van der Waals surface area contributed by atoms with Crippen LogP contribution in [-0.2, 0) is 12.4 Å². The fraction of sp³-hybridized carbons (Fsp3) is 0.375. The number of nitrogens with zero attached hydrogens (tertiary/aromatic N) is 1. The summed E-state index contributed by atoms with van der Waals surface area (Å²) in [6.45, 7) is 1.09. The molecule has 0 aliphatic heterocycles. The molecule has 1 nitrogen and oxygen atoms in total. The third-order valence-electron chi connectivity index (χ3n) is 1.46. The monoisotopic (exact) mass is 228 g/mol. The second kappa shape index (κ2) is 3.39. The summed E-state index contributed by atoms with van der Waals surface area (Å²) >= 11 is 0. The highest BCUT2D eigenvalue weighted by molar-refractivity contribution is 5.22. The molecule has 0 bridgehead atoms. The normalized spacial score (nSPS) is 13.0. The second-order valence-electron chi connectivity index (χ2n) is 2.79. The molecule has 0 fully saturated rings. The molecule has 0 aliphatic rings. The summed E-state index contributed by atoms with van der Waals surface area (Å²) in [6, 6.07) is 2.23. The van der Waals surface area contributed by atoms with E-state index in [1.807, 2.05) is 0 Å². The molecule has 1 radical (unpaired) electrons. The molecule has 1 aromatic heterocycles. The molecular weight excluding hydrogens is 224 g/mol. The highest BCUT2D eigenvalue weighted by Gasteiger charge is 2.38. The maximum absolute atomic E-state index is 12.1. The molecule has 0 saturated carbocycles. The lowest BCUT2D eigenvalue weighted by atomic mass is 10.2. The Hall–Kier alpha value is -1.27. The Bertz CT molecular complexity index is 332. The van der Waals surface area contributed by atoms with Crippen molar-refractivity contribution in [1.29, 1.82) is 0 Å². The Morgan fingerprint density at radius 1 is 1.07 bits per heavy atom. The Morgan fingerprint density at radius 3 is 2.00 bits per heavy atom. The van der Waals surface area contributed by atoms with Crippen LogP contribution in [0.5, 0.6) is 0 Å². The third-order valence-corrected chi connectivity index (χ3v) is 1.46. The lowest BCUT2D eigenvalue weighted by Gasteiger charge is -2.10. The summed E-state index contributed by atoms with van der Waals surface area (Å²) < 4.78 is 72.5. The van der Waals surface area contributed by atoms with E-state index in [1.165, 1.54) is 0 Å². The molecule has 0 atom stereocenters. The van der Waals surface area contributed by atoms with Gasteiger partial charge in [-0.3, -0.25) is 0 Å². The first kappa shape index (κ1) is 11.8. The van der Waals surface area contributed by atoms with E-state index in [4.69, 9.17) is 0 Å². The van der Waals surface area contributed by atoms with E-state index in [0.29, 0.717) is 6.07 Å². The van der Waals surface area contributed by atoms with Crippen molar-refractivity contribution in [3.05, 3.63) is 29.1 Å². The van der Waals surface area contributed by atoms with Gasteiger partial charge >= 0.3 is 12.4 Å². The van der Waals surface area contributed by atoms with Gasteiger partial charge in [-0.25, -0.2) is 4.98 Å². The van der Waals surface area contributed by atoms with Gasteiger partial charge in [0, 0.05) is 6.07 Å². The van der Waals surface area contributed by atoms with Crippen molar-refractivity contribution in [1.82, 2.24) is 4.98 Å². The number of aryl methyl sites for hydroxylation is 1. The molecule has 15 heavy (non-hydrogen) atoms. The Labute approximate surface area is 80.7 Å². The zero-order valence-corrected chi connectivity index (χ0v) is 7.29.